The van der Waals surface area contributed by atoms with Crippen LogP contribution in [0.15, 0.2) is 46.1 Å². The molecule has 0 amide bonds. The molecule has 1 aromatic heterocycles. The normalized spacial score (nSPS) is 11.4. The van der Waals surface area contributed by atoms with Gasteiger partial charge in [0.25, 0.3) is 0 Å². The fourth-order valence-electron chi connectivity index (χ4n) is 1.82. The summed E-state index contributed by atoms with van der Waals surface area (Å²) < 4.78 is 13.5. The Bertz CT molecular complexity index is 552. The number of halogens is 1. The highest BCUT2D eigenvalue weighted by Crippen LogP contribution is 2.06. The quantitative estimate of drug-likeness (QED) is 0.656. The predicted octanol–water partition coefficient (Wildman–Crippen LogP) is 2.79. The van der Waals surface area contributed by atoms with E-state index in [-0.39, 0.29) is 5.82 Å². The molecule has 2 rings (SSSR count). The summed E-state index contributed by atoms with van der Waals surface area (Å²) in [5.74, 6) is 0.572. The van der Waals surface area contributed by atoms with Gasteiger partial charge in [-0.3, -0.25) is 4.99 Å². The fourth-order valence-corrected chi connectivity index (χ4v) is 2.48. The molecule has 1 heterocycles. The molecule has 5 heteroatoms. The third-order valence-corrected chi connectivity index (χ3v) is 3.64. The van der Waals surface area contributed by atoms with Gasteiger partial charge in [0.15, 0.2) is 5.96 Å². The van der Waals surface area contributed by atoms with Gasteiger partial charge in [-0.1, -0.05) is 18.2 Å². The van der Waals surface area contributed by atoms with E-state index in [4.69, 9.17) is 0 Å². The summed E-state index contributed by atoms with van der Waals surface area (Å²) in [5, 5.41) is 10.6. The summed E-state index contributed by atoms with van der Waals surface area (Å²) in [4.78, 5) is 4.15. The van der Waals surface area contributed by atoms with Crippen LogP contribution in [-0.4, -0.2) is 19.6 Å². The van der Waals surface area contributed by atoms with Gasteiger partial charge in [0.05, 0.1) is 0 Å². The molecule has 0 bridgehead atoms. The second-order valence-corrected chi connectivity index (χ2v) is 5.11. The second kappa shape index (κ2) is 7.65. The molecule has 0 unspecified atom stereocenters. The lowest BCUT2D eigenvalue weighted by Crippen LogP contribution is -2.37. The molecule has 0 atom stereocenters. The van der Waals surface area contributed by atoms with Crippen LogP contribution in [0.25, 0.3) is 0 Å². The van der Waals surface area contributed by atoms with Crippen molar-refractivity contribution in [3.63, 3.8) is 0 Å². The zero-order valence-corrected chi connectivity index (χ0v) is 12.2. The molecule has 0 saturated heterocycles. The van der Waals surface area contributed by atoms with Crippen molar-refractivity contribution in [2.75, 3.05) is 13.6 Å². The molecule has 0 aliphatic heterocycles. The molecule has 3 nitrogen and oxygen atoms in total. The Hall–Kier alpha value is -1.88. The molecular weight excluding hydrogens is 273 g/mol. The lowest BCUT2D eigenvalue weighted by Gasteiger charge is -2.11. The maximum Gasteiger partial charge on any atom is 0.191 e. The summed E-state index contributed by atoms with van der Waals surface area (Å²) >= 11 is 1.67. The number of hydrogen-bond donors (Lipinski definition) is 2. The van der Waals surface area contributed by atoms with Gasteiger partial charge in [-0.2, -0.15) is 11.3 Å². The molecular formula is C15H18FN3S. The molecule has 0 radical (unpaired) electrons. The third kappa shape index (κ3) is 4.35. The molecule has 0 aliphatic carbocycles. The van der Waals surface area contributed by atoms with E-state index in [0.717, 1.165) is 12.5 Å². The Morgan fingerprint density at radius 2 is 2.10 bits per heavy atom. The number of hydrogen-bond acceptors (Lipinski definition) is 2. The summed E-state index contributed by atoms with van der Waals surface area (Å²) in [7, 11) is 1.73. The Balaban J connectivity index is 1.75. The van der Waals surface area contributed by atoms with E-state index in [1.165, 1.54) is 11.6 Å². The van der Waals surface area contributed by atoms with Crippen LogP contribution in [0.3, 0.4) is 0 Å². The number of thiophene rings is 1. The molecule has 0 aliphatic rings. The van der Waals surface area contributed by atoms with Crippen molar-refractivity contribution in [3.05, 3.63) is 58.0 Å². The largest absolute Gasteiger partial charge is 0.356 e. The Morgan fingerprint density at radius 3 is 2.80 bits per heavy atom. The van der Waals surface area contributed by atoms with Crippen LogP contribution in [0.4, 0.5) is 4.39 Å². The minimum absolute atomic E-state index is 0.157. The third-order valence-electron chi connectivity index (χ3n) is 2.91. The van der Waals surface area contributed by atoms with E-state index in [0.29, 0.717) is 18.5 Å². The minimum Gasteiger partial charge on any atom is -0.356 e. The lowest BCUT2D eigenvalue weighted by atomic mass is 10.1. The van der Waals surface area contributed by atoms with Gasteiger partial charge < -0.3 is 10.6 Å². The van der Waals surface area contributed by atoms with Crippen LogP contribution in [0, 0.1) is 5.82 Å². The van der Waals surface area contributed by atoms with Gasteiger partial charge in [0, 0.05) is 20.1 Å². The second-order valence-electron chi connectivity index (χ2n) is 4.33. The van der Waals surface area contributed by atoms with E-state index in [9.17, 15) is 4.39 Å². The van der Waals surface area contributed by atoms with Gasteiger partial charge in [0.1, 0.15) is 5.82 Å². The van der Waals surface area contributed by atoms with Crippen molar-refractivity contribution in [1.29, 1.82) is 0 Å². The first-order chi connectivity index (χ1) is 9.79. The molecule has 20 heavy (non-hydrogen) atoms. The first kappa shape index (κ1) is 14.5. The van der Waals surface area contributed by atoms with Gasteiger partial charge in [-0.25, -0.2) is 4.39 Å². The maximum absolute atomic E-state index is 13.5. The first-order valence-corrected chi connectivity index (χ1v) is 7.43. The Kier molecular flexibility index (Phi) is 5.55. The molecule has 0 saturated carbocycles. The Labute approximate surface area is 122 Å². The minimum atomic E-state index is -0.157. The number of nitrogens with one attached hydrogen (secondary N) is 2. The van der Waals surface area contributed by atoms with E-state index in [1.807, 2.05) is 11.4 Å². The Morgan fingerprint density at radius 1 is 1.25 bits per heavy atom. The van der Waals surface area contributed by atoms with Gasteiger partial charge >= 0.3 is 0 Å². The number of nitrogens with zero attached hydrogens (tertiary/aromatic N) is 1. The SMILES string of the molecule is CN=C(NCCc1ccccc1F)NCc1ccsc1. The first-order valence-electron chi connectivity index (χ1n) is 6.48. The average molecular weight is 291 g/mol. The van der Waals surface area contributed by atoms with Crippen LogP contribution in [0.5, 0.6) is 0 Å². The van der Waals surface area contributed by atoms with Crippen LogP contribution >= 0.6 is 11.3 Å². The van der Waals surface area contributed by atoms with E-state index in [1.54, 1.807) is 30.5 Å². The predicted molar refractivity (Wildman–Crippen MR) is 82.6 cm³/mol. The van der Waals surface area contributed by atoms with Crippen LogP contribution in [0.1, 0.15) is 11.1 Å². The maximum atomic E-state index is 13.5. The summed E-state index contributed by atoms with van der Waals surface area (Å²) in [6, 6.07) is 8.91. The lowest BCUT2D eigenvalue weighted by molar-refractivity contribution is 0.606. The summed E-state index contributed by atoms with van der Waals surface area (Å²) in [6.45, 7) is 1.38. The van der Waals surface area contributed by atoms with Gasteiger partial charge in [0.2, 0.25) is 0 Å². The highest BCUT2D eigenvalue weighted by atomic mass is 32.1. The number of aliphatic imine (C=N–C) groups is 1. The molecule has 0 spiro atoms. The number of rotatable bonds is 5. The van der Waals surface area contributed by atoms with Crippen molar-refractivity contribution in [2.24, 2.45) is 4.99 Å². The standard InChI is InChI=1S/C15H18FN3S/c1-17-15(19-10-12-7-9-20-11-12)18-8-6-13-4-2-3-5-14(13)16/h2-5,7,9,11H,6,8,10H2,1H3,(H2,17,18,19). The number of benzene rings is 1. The smallest absolute Gasteiger partial charge is 0.191 e. The van der Waals surface area contributed by atoms with E-state index in [2.05, 4.69) is 27.1 Å². The fraction of sp³-hybridized carbons (Fsp3) is 0.267. The molecule has 1 aromatic carbocycles. The topological polar surface area (TPSA) is 36.4 Å². The van der Waals surface area contributed by atoms with Crippen LogP contribution < -0.4 is 10.6 Å². The summed E-state index contributed by atoms with van der Waals surface area (Å²) in [5.41, 5.74) is 1.94. The summed E-state index contributed by atoms with van der Waals surface area (Å²) in [6.07, 6.45) is 0.631. The van der Waals surface area contributed by atoms with Crippen molar-refractivity contribution in [2.45, 2.75) is 13.0 Å². The monoisotopic (exact) mass is 291 g/mol. The highest BCUT2D eigenvalue weighted by Gasteiger charge is 2.02. The number of guanidine groups is 1. The van der Waals surface area contributed by atoms with Crippen molar-refractivity contribution < 1.29 is 4.39 Å². The molecule has 106 valence electrons. The molecule has 0 fully saturated rings. The van der Waals surface area contributed by atoms with Gasteiger partial charge in [-0.05, 0) is 40.4 Å². The van der Waals surface area contributed by atoms with E-state index < -0.39 is 0 Å². The van der Waals surface area contributed by atoms with Crippen molar-refractivity contribution in [3.8, 4) is 0 Å². The zero-order chi connectivity index (χ0) is 14.2. The average Bonchev–Trinajstić information content (AvgIpc) is 2.98. The van der Waals surface area contributed by atoms with Gasteiger partial charge in [-0.15, -0.1) is 0 Å². The van der Waals surface area contributed by atoms with Crippen molar-refractivity contribution >= 4 is 17.3 Å². The van der Waals surface area contributed by atoms with Crippen LogP contribution in [0.2, 0.25) is 0 Å². The van der Waals surface area contributed by atoms with Crippen LogP contribution in [-0.2, 0) is 13.0 Å². The molecule has 2 aromatic rings. The van der Waals surface area contributed by atoms with E-state index >= 15 is 0 Å². The molecule has 2 N–H and O–H groups in total. The highest BCUT2D eigenvalue weighted by molar-refractivity contribution is 7.07. The van der Waals surface area contributed by atoms with Crippen molar-refractivity contribution in [1.82, 2.24) is 10.6 Å². The zero-order valence-electron chi connectivity index (χ0n) is 11.4.